The van der Waals surface area contributed by atoms with Crippen LogP contribution < -0.4 is 15.8 Å². The third-order valence-electron chi connectivity index (χ3n) is 3.16. The predicted octanol–water partition coefficient (Wildman–Crippen LogP) is 0.650. The van der Waals surface area contributed by atoms with Crippen molar-refractivity contribution in [2.45, 2.75) is 24.7 Å². The van der Waals surface area contributed by atoms with Gasteiger partial charge in [0.25, 0.3) is 0 Å². The molecular weight excluding hydrogens is 364 g/mol. The second kappa shape index (κ2) is 8.19. The topological polar surface area (TPSA) is 131 Å². The maximum absolute atomic E-state index is 11.9. The highest BCUT2D eigenvalue weighted by atomic mass is 32.2. The average Bonchev–Trinajstić information content (AvgIpc) is 2.93. The number of primary sulfonamides is 1. The van der Waals surface area contributed by atoms with Crippen molar-refractivity contribution in [1.29, 1.82) is 0 Å². The Bertz CT molecular complexity index is 860. The fourth-order valence-electron chi connectivity index (χ4n) is 2.02. The van der Waals surface area contributed by atoms with Crippen LogP contribution in [0.5, 0.6) is 0 Å². The first kappa shape index (κ1) is 19.0. The Morgan fingerprint density at radius 3 is 2.52 bits per heavy atom. The van der Waals surface area contributed by atoms with Gasteiger partial charge in [-0.3, -0.25) is 9.59 Å². The molecule has 0 aliphatic rings. The molecule has 0 saturated carbocycles. The highest BCUT2D eigenvalue weighted by molar-refractivity contribution is 7.89. The minimum absolute atomic E-state index is 0.0544. The van der Waals surface area contributed by atoms with Gasteiger partial charge >= 0.3 is 0 Å². The molecule has 134 valence electrons. The molecule has 0 saturated heterocycles. The second-order valence-electron chi connectivity index (χ2n) is 5.29. The quantitative estimate of drug-likeness (QED) is 0.647. The first-order chi connectivity index (χ1) is 11.7. The van der Waals surface area contributed by atoms with E-state index in [0.29, 0.717) is 23.8 Å². The van der Waals surface area contributed by atoms with Gasteiger partial charge in [-0.05, 0) is 24.1 Å². The van der Waals surface area contributed by atoms with Crippen LogP contribution in [0.15, 0.2) is 34.5 Å². The Morgan fingerprint density at radius 1 is 1.24 bits per heavy atom. The van der Waals surface area contributed by atoms with E-state index in [4.69, 9.17) is 5.14 Å². The SMILES string of the molecule is CC(=O)Nc1nc(CC(=O)NCCc2ccc(S(N)(=O)=O)cc2)cs1. The van der Waals surface area contributed by atoms with Gasteiger partial charge < -0.3 is 10.6 Å². The molecule has 2 amide bonds. The third kappa shape index (κ3) is 6.25. The van der Waals surface area contributed by atoms with Gasteiger partial charge in [0.15, 0.2) is 5.13 Å². The van der Waals surface area contributed by atoms with E-state index in [9.17, 15) is 18.0 Å². The normalized spacial score (nSPS) is 11.1. The molecule has 2 aromatic rings. The zero-order chi connectivity index (χ0) is 18.4. The van der Waals surface area contributed by atoms with Crippen molar-refractivity contribution in [3.8, 4) is 0 Å². The first-order valence-corrected chi connectivity index (χ1v) is 9.77. The van der Waals surface area contributed by atoms with Gasteiger partial charge in [0.2, 0.25) is 21.8 Å². The van der Waals surface area contributed by atoms with Crippen LogP contribution in [-0.4, -0.2) is 31.8 Å². The first-order valence-electron chi connectivity index (χ1n) is 7.34. The maximum Gasteiger partial charge on any atom is 0.238 e. The number of amides is 2. The number of aromatic nitrogens is 1. The molecule has 1 heterocycles. The van der Waals surface area contributed by atoms with Gasteiger partial charge in [-0.2, -0.15) is 0 Å². The van der Waals surface area contributed by atoms with Crippen molar-refractivity contribution in [2.24, 2.45) is 5.14 Å². The molecule has 0 spiro atoms. The van der Waals surface area contributed by atoms with Gasteiger partial charge in [-0.15, -0.1) is 11.3 Å². The van der Waals surface area contributed by atoms with E-state index in [0.717, 1.165) is 5.56 Å². The Kier molecular flexibility index (Phi) is 6.23. The maximum atomic E-state index is 11.9. The van der Waals surface area contributed by atoms with Crippen molar-refractivity contribution in [1.82, 2.24) is 10.3 Å². The van der Waals surface area contributed by atoms with Crippen molar-refractivity contribution in [2.75, 3.05) is 11.9 Å². The molecule has 4 N–H and O–H groups in total. The van der Waals surface area contributed by atoms with Crippen LogP contribution in [-0.2, 0) is 32.5 Å². The summed E-state index contributed by atoms with van der Waals surface area (Å²) in [6.45, 7) is 1.81. The van der Waals surface area contributed by atoms with E-state index >= 15 is 0 Å². The van der Waals surface area contributed by atoms with E-state index in [2.05, 4.69) is 15.6 Å². The Balaban J connectivity index is 1.78. The number of nitrogens with zero attached hydrogens (tertiary/aromatic N) is 1. The van der Waals surface area contributed by atoms with Crippen molar-refractivity contribution in [3.05, 3.63) is 40.9 Å². The number of rotatable bonds is 7. The van der Waals surface area contributed by atoms with Gasteiger partial charge in [0.05, 0.1) is 17.0 Å². The summed E-state index contributed by atoms with van der Waals surface area (Å²) in [5.41, 5.74) is 1.47. The number of carbonyl (C=O) groups excluding carboxylic acids is 2. The molecule has 10 heteroatoms. The fourth-order valence-corrected chi connectivity index (χ4v) is 3.29. The number of hydrogen-bond acceptors (Lipinski definition) is 6. The number of sulfonamides is 1. The number of anilines is 1. The van der Waals surface area contributed by atoms with Crippen LogP contribution in [0.4, 0.5) is 5.13 Å². The molecule has 25 heavy (non-hydrogen) atoms. The van der Waals surface area contributed by atoms with Crippen LogP contribution in [0, 0.1) is 0 Å². The lowest BCUT2D eigenvalue weighted by molar-refractivity contribution is -0.120. The van der Waals surface area contributed by atoms with Crippen LogP contribution in [0.3, 0.4) is 0 Å². The smallest absolute Gasteiger partial charge is 0.238 e. The summed E-state index contributed by atoms with van der Waals surface area (Å²) in [6.07, 6.45) is 0.686. The molecular formula is C15H18N4O4S2. The van der Waals surface area contributed by atoms with E-state index in [1.54, 1.807) is 17.5 Å². The van der Waals surface area contributed by atoms with Crippen molar-refractivity contribution >= 4 is 38.3 Å². The fraction of sp³-hybridized carbons (Fsp3) is 0.267. The van der Waals surface area contributed by atoms with Gasteiger partial charge in [0.1, 0.15) is 0 Å². The Labute approximate surface area is 149 Å². The number of carbonyl (C=O) groups is 2. The zero-order valence-electron chi connectivity index (χ0n) is 13.5. The summed E-state index contributed by atoms with van der Waals surface area (Å²) >= 11 is 1.26. The lowest BCUT2D eigenvalue weighted by Crippen LogP contribution is -2.27. The number of nitrogens with one attached hydrogen (secondary N) is 2. The minimum atomic E-state index is -3.70. The molecule has 0 bridgehead atoms. The van der Waals surface area contributed by atoms with Crippen molar-refractivity contribution < 1.29 is 18.0 Å². The summed E-state index contributed by atoms with van der Waals surface area (Å²) in [5, 5.41) is 12.6. The minimum Gasteiger partial charge on any atom is -0.355 e. The Hall–Kier alpha value is -2.30. The standard InChI is InChI=1S/C15H18N4O4S2/c1-10(20)18-15-19-12(9-24-15)8-14(21)17-7-6-11-2-4-13(5-3-11)25(16,22)23/h2-5,9H,6-8H2,1H3,(H,17,21)(H2,16,22,23)(H,18,19,20). The molecule has 0 atom stereocenters. The highest BCUT2D eigenvalue weighted by Gasteiger charge is 2.09. The van der Waals surface area contributed by atoms with E-state index in [-0.39, 0.29) is 23.1 Å². The summed E-state index contributed by atoms with van der Waals surface area (Å²) in [5.74, 6) is -0.389. The largest absolute Gasteiger partial charge is 0.355 e. The van der Waals surface area contributed by atoms with Crippen LogP contribution in [0.25, 0.3) is 0 Å². The van der Waals surface area contributed by atoms with Crippen molar-refractivity contribution in [3.63, 3.8) is 0 Å². The highest BCUT2D eigenvalue weighted by Crippen LogP contribution is 2.15. The summed E-state index contributed by atoms with van der Waals surface area (Å²) in [4.78, 5) is 27.0. The predicted molar refractivity (Wildman–Crippen MR) is 94.7 cm³/mol. The van der Waals surface area contributed by atoms with Gasteiger partial charge in [0, 0.05) is 18.8 Å². The van der Waals surface area contributed by atoms with Crippen LogP contribution >= 0.6 is 11.3 Å². The van der Waals surface area contributed by atoms with Crippen LogP contribution in [0.1, 0.15) is 18.2 Å². The van der Waals surface area contributed by atoms with E-state index in [1.807, 2.05) is 0 Å². The second-order valence-corrected chi connectivity index (χ2v) is 7.71. The average molecular weight is 382 g/mol. The monoisotopic (exact) mass is 382 g/mol. The van der Waals surface area contributed by atoms with E-state index in [1.165, 1.54) is 30.4 Å². The number of thiazole rings is 1. The summed E-state index contributed by atoms with van der Waals surface area (Å²) in [7, 11) is -3.70. The molecule has 8 nitrogen and oxygen atoms in total. The third-order valence-corrected chi connectivity index (χ3v) is 4.90. The number of nitrogens with two attached hydrogens (primary N) is 1. The van der Waals surface area contributed by atoms with E-state index < -0.39 is 10.0 Å². The molecule has 0 radical (unpaired) electrons. The van der Waals surface area contributed by atoms with Gasteiger partial charge in [-0.25, -0.2) is 18.5 Å². The molecule has 1 aromatic carbocycles. The molecule has 2 rings (SSSR count). The number of hydrogen-bond donors (Lipinski definition) is 3. The van der Waals surface area contributed by atoms with Crippen LogP contribution in [0.2, 0.25) is 0 Å². The molecule has 0 aliphatic carbocycles. The zero-order valence-corrected chi connectivity index (χ0v) is 15.1. The summed E-state index contributed by atoms with van der Waals surface area (Å²) in [6, 6.07) is 6.19. The summed E-state index contributed by atoms with van der Waals surface area (Å²) < 4.78 is 22.3. The Morgan fingerprint density at radius 2 is 1.92 bits per heavy atom. The van der Waals surface area contributed by atoms with Gasteiger partial charge in [-0.1, -0.05) is 12.1 Å². The molecule has 0 fully saturated rings. The molecule has 0 unspecified atom stereocenters. The lowest BCUT2D eigenvalue weighted by Gasteiger charge is -2.05. The molecule has 1 aromatic heterocycles. The number of benzene rings is 1. The molecule has 0 aliphatic heterocycles. The lowest BCUT2D eigenvalue weighted by atomic mass is 10.1.